The lowest BCUT2D eigenvalue weighted by molar-refractivity contribution is -0.133. The number of nitrogens with one attached hydrogen (secondary N) is 1. The average molecular weight is 366 g/mol. The minimum Gasteiger partial charge on any atom is -0.355 e. The molecule has 1 aliphatic rings. The zero-order chi connectivity index (χ0) is 18.9. The van der Waals surface area contributed by atoms with Gasteiger partial charge in [-0.15, -0.1) is 0 Å². The molecular weight excluding hydrogens is 340 g/mol. The van der Waals surface area contributed by atoms with Gasteiger partial charge in [0.1, 0.15) is 0 Å². The summed E-state index contributed by atoms with van der Waals surface area (Å²) in [7, 11) is 0. The molecule has 0 radical (unpaired) electrons. The number of amides is 2. The molecule has 6 heteroatoms. The Kier molecular flexibility index (Phi) is 6.93. The van der Waals surface area contributed by atoms with Crippen LogP contribution in [0, 0.1) is 0 Å². The minimum absolute atomic E-state index is 0.0471. The molecule has 2 heterocycles. The van der Waals surface area contributed by atoms with Crippen molar-refractivity contribution in [3.05, 3.63) is 66.0 Å². The highest BCUT2D eigenvalue weighted by Gasteiger charge is 2.21. The Morgan fingerprint density at radius 2 is 1.70 bits per heavy atom. The van der Waals surface area contributed by atoms with Crippen molar-refractivity contribution in [3.8, 4) is 0 Å². The molecule has 0 atom stereocenters. The molecule has 3 rings (SSSR count). The van der Waals surface area contributed by atoms with Crippen LogP contribution in [0.3, 0.4) is 0 Å². The molecule has 2 aromatic rings. The quantitative estimate of drug-likeness (QED) is 0.806. The number of benzene rings is 1. The lowest BCUT2D eigenvalue weighted by Gasteiger charge is -2.34. The first kappa shape index (κ1) is 19.0. The first-order valence-corrected chi connectivity index (χ1v) is 9.41. The SMILES string of the molecule is O=C(Cc1ccccc1)NCCC(=O)N1CCN(Cc2ccccn2)CC1. The molecule has 0 aliphatic carbocycles. The van der Waals surface area contributed by atoms with Crippen molar-refractivity contribution >= 4 is 11.8 Å². The summed E-state index contributed by atoms with van der Waals surface area (Å²) in [6, 6.07) is 15.5. The van der Waals surface area contributed by atoms with Crippen molar-refractivity contribution in [1.82, 2.24) is 20.1 Å². The van der Waals surface area contributed by atoms with E-state index in [0.29, 0.717) is 19.4 Å². The van der Waals surface area contributed by atoms with E-state index in [9.17, 15) is 9.59 Å². The molecule has 1 aliphatic heterocycles. The van der Waals surface area contributed by atoms with E-state index in [4.69, 9.17) is 0 Å². The van der Waals surface area contributed by atoms with Gasteiger partial charge in [-0.3, -0.25) is 19.5 Å². The fraction of sp³-hybridized carbons (Fsp3) is 0.381. The van der Waals surface area contributed by atoms with E-state index in [0.717, 1.165) is 44.0 Å². The number of carbonyl (C=O) groups is 2. The van der Waals surface area contributed by atoms with E-state index in [2.05, 4.69) is 15.2 Å². The van der Waals surface area contributed by atoms with Crippen molar-refractivity contribution in [2.24, 2.45) is 0 Å². The number of hydrogen-bond donors (Lipinski definition) is 1. The van der Waals surface area contributed by atoms with Crippen molar-refractivity contribution in [2.75, 3.05) is 32.7 Å². The lowest BCUT2D eigenvalue weighted by atomic mass is 10.1. The number of piperazine rings is 1. The lowest BCUT2D eigenvalue weighted by Crippen LogP contribution is -2.48. The normalized spacial score (nSPS) is 14.7. The number of hydrogen-bond acceptors (Lipinski definition) is 4. The molecule has 1 saturated heterocycles. The van der Waals surface area contributed by atoms with Gasteiger partial charge in [-0.25, -0.2) is 0 Å². The first-order valence-electron chi connectivity index (χ1n) is 9.41. The fourth-order valence-electron chi connectivity index (χ4n) is 3.19. The topological polar surface area (TPSA) is 65.5 Å². The second-order valence-electron chi connectivity index (χ2n) is 6.74. The van der Waals surface area contributed by atoms with Gasteiger partial charge in [0.15, 0.2) is 0 Å². The summed E-state index contributed by atoms with van der Waals surface area (Å²) in [5.74, 6) is 0.0571. The van der Waals surface area contributed by atoms with Crippen LogP contribution >= 0.6 is 0 Å². The van der Waals surface area contributed by atoms with E-state index < -0.39 is 0 Å². The molecule has 1 N–H and O–H groups in total. The zero-order valence-corrected chi connectivity index (χ0v) is 15.5. The third kappa shape index (κ3) is 6.18. The Labute approximate surface area is 160 Å². The van der Waals surface area contributed by atoms with Gasteiger partial charge in [0, 0.05) is 51.9 Å². The molecule has 0 unspecified atom stereocenters. The molecule has 6 nitrogen and oxygen atoms in total. The van der Waals surface area contributed by atoms with Crippen LogP contribution in [0.15, 0.2) is 54.7 Å². The van der Waals surface area contributed by atoms with Crippen LogP contribution in [0.5, 0.6) is 0 Å². The minimum atomic E-state index is -0.0471. The standard InChI is InChI=1S/C21H26N4O2/c26-20(16-18-6-2-1-3-7-18)23-11-9-21(27)25-14-12-24(13-15-25)17-19-8-4-5-10-22-19/h1-8,10H,9,11-17H2,(H,23,26). The van der Waals surface area contributed by atoms with Crippen LogP contribution in [-0.4, -0.2) is 59.3 Å². The second-order valence-corrected chi connectivity index (χ2v) is 6.74. The monoisotopic (exact) mass is 366 g/mol. The molecule has 2 amide bonds. The number of aromatic nitrogens is 1. The Morgan fingerprint density at radius 1 is 0.963 bits per heavy atom. The molecule has 1 aromatic heterocycles. The van der Waals surface area contributed by atoms with Crippen molar-refractivity contribution in [2.45, 2.75) is 19.4 Å². The predicted molar refractivity (Wildman–Crippen MR) is 104 cm³/mol. The maximum absolute atomic E-state index is 12.3. The van der Waals surface area contributed by atoms with Gasteiger partial charge in [-0.05, 0) is 17.7 Å². The largest absolute Gasteiger partial charge is 0.355 e. The smallest absolute Gasteiger partial charge is 0.224 e. The Morgan fingerprint density at radius 3 is 2.41 bits per heavy atom. The maximum Gasteiger partial charge on any atom is 0.224 e. The van der Waals surface area contributed by atoms with E-state index in [1.807, 2.05) is 53.4 Å². The van der Waals surface area contributed by atoms with Gasteiger partial charge in [0.25, 0.3) is 0 Å². The molecule has 27 heavy (non-hydrogen) atoms. The van der Waals surface area contributed by atoms with Crippen molar-refractivity contribution < 1.29 is 9.59 Å². The van der Waals surface area contributed by atoms with Crippen molar-refractivity contribution in [3.63, 3.8) is 0 Å². The van der Waals surface area contributed by atoms with Gasteiger partial charge < -0.3 is 10.2 Å². The van der Waals surface area contributed by atoms with Crippen LogP contribution in [0.1, 0.15) is 17.7 Å². The van der Waals surface area contributed by atoms with Gasteiger partial charge in [-0.2, -0.15) is 0 Å². The van der Waals surface area contributed by atoms with Crippen LogP contribution in [-0.2, 0) is 22.6 Å². The summed E-state index contributed by atoms with van der Waals surface area (Å²) in [4.78, 5) is 32.8. The molecule has 0 bridgehead atoms. The van der Waals surface area contributed by atoms with E-state index >= 15 is 0 Å². The Bertz CT molecular complexity index is 728. The summed E-state index contributed by atoms with van der Waals surface area (Å²) in [5.41, 5.74) is 2.03. The molecule has 0 saturated carbocycles. The predicted octanol–water partition coefficient (Wildman–Crippen LogP) is 1.47. The van der Waals surface area contributed by atoms with Gasteiger partial charge in [-0.1, -0.05) is 36.4 Å². The molecule has 0 spiro atoms. The molecule has 142 valence electrons. The summed E-state index contributed by atoms with van der Waals surface area (Å²) < 4.78 is 0. The first-order chi connectivity index (χ1) is 13.2. The highest BCUT2D eigenvalue weighted by atomic mass is 16.2. The highest BCUT2D eigenvalue weighted by Crippen LogP contribution is 2.07. The average Bonchev–Trinajstić information content (AvgIpc) is 2.70. The summed E-state index contributed by atoms with van der Waals surface area (Å²) >= 11 is 0. The van der Waals surface area contributed by atoms with E-state index in [-0.39, 0.29) is 11.8 Å². The molecule has 1 aromatic carbocycles. The third-order valence-electron chi connectivity index (χ3n) is 4.71. The van der Waals surface area contributed by atoms with Crippen LogP contribution < -0.4 is 5.32 Å². The summed E-state index contributed by atoms with van der Waals surface area (Å²) in [6.07, 6.45) is 2.50. The number of carbonyl (C=O) groups excluding carboxylic acids is 2. The van der Waals surface area contributed by atoms with Crippen LogP contribution in [0.2, 0.25) is 0 Å². The summed E-state index contributed by atoms with van der Waals surface area (Å²) in [6.45, 7) is 4.36. The van der Waals surface area contributed by atoms with Gasteiger partial charge in [0.2, 0.25) is 11.8 Å². The third-order valence-corrected chi connectivity index (χ3v) is 4.71. The summed E-state index contributed by atoms with van der Waals surface area (Å²) in [5, 5.41) is 2.84. The number of rotatable bonds is 7. The van der Waals surface area contributed by atoms with E-state index in [1.54, 1.807) is 6.20 Å². The van der Waals surface area contributed by atoms with Crippen LogP contribution in [0.4, 0.5) is 0 Å². The number of pyridine rings is 1. The van der Waals surface area contributed by atoms with Gasteiger partial charge >= 0.3 is 0 Å². The van der Waals surface area contributed by atoms with Crippen LogP contribution in [0.25, 0.3) is 0 Å². The van der Waals surface area contributed by atoms with Crippen molar-refractivity contribution in [1.29, 1.82) is 0 Å². The van der Waals surface area contributed by atoms with E-state index in [1.165, 1.54) is 0 Å². The Balaban J connectivity index is 1.33. The highest BCUT2D eigenvalue weighted by molar-refractivity contribution is 5.80. The second kappa shape index (κ2) is 9.83. The fourth-order valence-corrected chi connectivity index (χ4v) is 3.19. The molecule has 1 fully saturated rings. The van der Waals surface area contributed by atoms with Gasteiger partial charge in [0.05, 0.1) is 12.1 Å². The zero-order valence-electron chi connectivity index (χ0n) is 15.5. The maximum atomic E-state index is 12.3. The number of nitrogens with zero attached hydrogens (tertiary/aromatic N) is 3. The molecular formula is C21H26N4O2. The Hall–Kier alpha value is -2.73.